The highest BCUT2D eigenvalue weighted by Crippen LogP contribution is 2.31. The highest BCUT2D eigenvalue weighted by atomic mass is 127. The Kier molecular flexibility index (Phi) is 8.52. The van der Waals surface area contributed by atoms with Gasteiger partial charge < -0.3 is 14.4 Å². The largest absolute Gasteiger partial charge is 0.493 e. The maximum absolute atomic E-state index is 13.8. The first-order valence-corrected chi connectivity index (χ1v) is 13.2. The van der Waals surface area contributed by atoms with Gasteiger partial charge in [0.1, 0.15) is 0 Å². The fraction of sp³-hybridized carbons (Fsp3) is 0.519. The van der Waals surface area contributed by atoms with E-state index in [9.17, 15) is 4.79 Å². The van der Waals surface area contributed by atoms with Crippen LogP contribution in [0.3, 0.4) is 0 Å². The highest BCUT2D eigenvalue weighted by Gasteiger charge is 2.31. The SMILES string of the molecule is COc1ccc(C(=O)N(C[C@@H]2CCCN2CC2CCCCC2)c2cccc(I)c2)cc1OC. The lowest BCUT2D eigenvalue weighted by Gasteiger charge is -2.34. The number of benzene rings is 2. The lowest BCUT2D eigenvalue weighted by atomic mass is 9.89. The maximum Gasteiger partial charge on any atom is 0.258 e. The van der Waals surface area contributed by atoms with E-state index < -0.39 is 0 Å². The molecule has 1 heterocycles. The molecule has 1 amide bonds. The summed E-state index contributed by atoms with van der Waals surface area (Å²) in [5.41, 5.74) is 1.56. The lowest BCUT2D eigenvalue weighted by Crippen LogP contribution is -2.45. The number of carbonyl (C=O) groups is 1. The summed E-state index contributed by atoms with van der Waals surface area (Å²) in [7, 11) is 3.21. The van der Waals surface area contributed by atoms with Gasteiger partial charge in [-0.2, -0.15) is 0 Å². The summed E-state index contributed by atoms with van der Waals surface area (Å²) in [5, 5.41) is 0. The number of carbonyl (C=O) groups excluding carboxylic acids is 1. The average Bonchev–Trinajstić information content (AvgIpc) is 3.28. The average molecular weight is 562 g/mol. The van der Waals surface area contributed by atoms with Crippen molar-refractivity contribution in [3.63, 3.8) is 0 Å². The van der Waals surface area contributed by atoms with Crippen molar-refractivity contribution in [3.05, 3.63) is 51.6 Å². The Morgan fingerprint density at radius 2 is 1.79 bits per heavy atom. The molecule has 0 N–H and O–H groups in total. The molecule has 2 aromatic carbocycles. The van der Waals surface area contributed by atoms with Crippen LogP contribution in [0, 0.1) is 9.49 Å². The second-order valence-corrected chi connectivity index (χ2v) is 10.5. The Hall–Kier alpha value is -1.80. The van der Waals surface area contributed by atoms with Gasteiger partial charge in [-0.25, -0.2) is 0 Å². The van der Waals surface area contributed by atoms with E-state index in [4.69, 9.17) is 9.47 Å². The third-order valence-electron chi connectivity index (χ3n) is 7.11. The first kappa shape index (κ1) is 24.3. The number of hydrogen-bond donors (Lipinski definition) is 0. The van der Waals surface area contributed by atoms with Crippen LogP contribution in [0.25, 0.3) is 0 Å². The summed E-state index contributed by atoms with van der Waals surface area (Å²) in [6, 6.07) is 14.1. The van der Waals surface area contributed by atoms with E-state index in [1.807, 2.05) is 29.2 Å². The molecule has 1 aliphatic carbocycles. The second kappa shape index (κ2) is 11.6. The van der Waals surface area contributed by atoms with E-state index >= 15 is 0 Å². The second-order valence-electron chi connectivity index (χ2n) is 9.26. The molecule has 6 heteroatoms. The van der Waals surface area contributed by atoms with E-state index in [0.717, 1.165) is 28.1 Å². The van der Waals surface area contributed by atoms with Crippen LogP contribution in [0.4, 0.5) is 5.69 Å². The van der Waals surface area contributed by atoms with Gasteiger partial charge >= 0.3 is 0 Å². The monoisotopic (exact) mass is 562 g/mol. The predicted octanol–water partition coefficient (Wildman–Crippen LogP) is 6.00. The summed E-state index contributed by atoms with van der Waals surface area (Å²) in [6.45, 7) is 3.03. The van der Waals surface area contributed by atoms with Crippen molar-refractivity contribution in [2.45, 2.75) is 51.0 Å². The molecule has 1 aliphatic heterocycles. The summed E-state index contributed by atoms with van der Waals surface area (Å²) in [6.07, 6.45) is 9.20. The molecule has 4 rings (SSSR count). The van der Waals surface area contributed by atoms with Crippen LogP contribution in [0.2, 0.25) is 0 Å². The molecule has 1 saturated carbocycles. The minimum absolute atomic E-state index is 0.00229. The van der Waals surface area contributed by atoms with E-state index in [2.05, 4.69) is 39.6 Å². The van der Waals surface area contributed by atoms with Gasteiger partial charge in [-0.15, -0.1) is 0 Å². The topological polar surface area (TPSA) is 42.0 Å². The molecule has 0 radical (unpaired) electrons. The molecule has 5 nitrogen and oxygen atoms in total. The van der Waals surface area contributed by atoms with Gasteiger partial charge in [0.15, 0.2) is 11.5 Å². The van der Waals surface area contributed by atoms with Gasteiger partial charge in [-0.3, -0.25) is 9.69 Å². The van der Waals surface area contributed by atoms with Gasteiger partial charge in [0, 0.05) is 34.0 Å². The molecule has 0 spiro atoms. The molecule has 0 unspecified atom stereocenters. The van der Waals surface area contributed by atoms with Gasteiger partial charge in [0.2, 0.25) is 0 Å². The zero-order chi connectivity index (χ0) is 23.2. The number of hydrogen-bond acceptors (Lipinski definition) is 4. The highest BCUT2D eigenvalue weighted by molar-refractivity contribution is 14.1. The van der Waals surface area contributed by atoms with Gasteiger partial charge in [0.05, 0.1) is 14.2 Å². The zero-order valence-corrected chi connectivity index (χ0v) is 21.9. The van der Waals surface area contributed by atoms with Crippen molar-refractivity contribution in [1.82, 2.24) is 4.90 Å². The molecular formula is C27H35IN2O3. The molecule has 0 aromatic heterocycles. The first-order valence-electron chi connectivity index (χ1n) is 12.1. The van der Waals surface area contributed by atoms with Crippen LogP contribution in [0.15, 0.2) is 42.5 Å². The molecule has 0 bridgehead atoms. The number of methoxy groups -OCH3 is 2. The molecule has 2 aliphatic rings. The van der Waals surface area contributed by atoms with Gasteiger partial charge in [-0.05, 0) is 97.1 Å². The number of halogens is 1. The Morgan fingerprint density at radius 1 is 1.00 bits per heavy atom. The first-order chi connectivity index (χ1) is 16.1. The number of rotatable bonds is 8. The van der Waals surface area contributed by atoms with Crippen LogP contribution >= 0.6 is 22.6 Å². The Bertz CT molecular complexity index is 945. The molecule has 1 atom stereocenters. The van der Waals surface area contributed by atoms with Gasteiger partial charge in [0.25, 0.3) is 5.91 Å². The number of ether oxygens (including phenoxy) is 2. The minimum atomic E-state index is 0.00229. The van der Waals surface area contributed by atoms with Crippen LogP contribution in [-0.4, -0.2) is 50.7 Å². The number of likely N-dealkylation sites (tertiary alicyclic amines) is 1. The molecule has 33 heavy (non-hydrogen) atoms. The maximum atomic E-state index is 13.8. The minimum Gasteiger partial charge on any atom is -0.493 e. The van der Waals surface area contributed by atoms with Crippen LogP contribution in [-0.2, 0) is 0 Å². The smallest absolute Gasteiger partial charge is 0.258 e. The Morgan fingerprint density at radius 3 is 2.52 bits per heavy atom. The van der Waals surface area contributed by atoms with Crippen molar-refractivity contribution in [2.24, 2.45) is 5.92 Å². The normalized spacial score (nSPS) is 19.4. The van der Waals surface area contributed by atoms with Crippen molar-refractivity contribution in [1.29, 1.82) is 0 Å². The molecule has 178 valence electrons. The predicted molar refractivity (Wildman–Crippen MR) is 142 cm³/mol. The van der Waals surface area contributed by atoms with Gasteiger partial charge in [-0.1, -0.05) is 25.3 Å². The van der Waals surface area contributed by atoms with Crippen LogP contribution < -0.4 is 14.4 Å². The Balaban J connectivity index is 1.58. The summed E-state index contributed by atoms with van der Waals surface area (Å²) >= 11 is 2.32. The molecule has 2 fully saturated rings. The van der Waals surface area contributed by atoms with Crippen molar-refractivity contribution >= 4 is 34.2 Å². The van der Waals surface area contributed by atoms with Crippen LogP contribution in [0.5, 0.6) is 11.5 Å². The van der Waals surface area contributed by atoms with Crippen molar-refractivity contribution in [3.8, 4) is 11.5 Å². The van der Waals surface area contributed by atoms with Crippen molar-refractivity contribution in [2.75, 3.05) is 38.8 Å². The van der Waals surface area contributed by atoms with Crippen molar-refractivity contribution < 1.29 is 14.3 Å². The van der Waals surface area contributed by atoms with Crippen LogP contribution in [0.1, 0.15) is 55.3 Å². The number of amides is 1. The molecular weight excluding hydrogens is 527 g/mol. The third kappa shape index (κ3) is 6.01. The molecule has 2 aromatic rings. The summed E-state index contributed by atoms with van der Waals surface area (Å²) in [4.78, 5) is 18.4. The van der Waals surface area contributed by atoms with E-state index in [0.29, 0.717) is 29.6 Å². The lowest BCUT2D eigenvalue weighted by molar-refractivity contribution is 0.0975. The fourth-order valence-corrected chi connectivity index (χ4v) is 5.86. The standard InChI is InChI=1S/C27H35IN2O3/c1-32-25-14-13-21(16-26(25)33-2)27(31)30(23-11-6-10-22(28)17-23)19-24-12-7-15-29(24)18-20-8-4-3-5-9-20/h6,10-11,13-14,16-17,20,24H,3-5,7-9,12,15,18-19H2,1-2H3/t24-/m0/s1. The van der Waals surface area contributed by atoms with E-state index in [1.54, 1.807) is 20.3 Å². The van der Waals surface area contributed by atoms with E-state index in [-0.39, 0.29) is 5.91 Å². The molecule has 1 saturated heterocycles. The number of nitrogens with zero attached hydrogens (tertiary/aromatic N) is 2. The number of anilines is 1. The summed E-state index contributed by atoms with van der Waals surface area (Å²) < 4.78 is 12.0. The van der Waals surface area contributed by atoms with E-state index in [1.165, 1.54) is 45.1 Å². The fourth-order valence-electron chi connectivity index (χ4n) is 5.33. The quantitative estimate of drug-likeness (QED) is 0.371. The third-order valence-corrected chi connectivity index (χ3v) is 7.78. The Labute approximate surface area is 211 Å². The summed E-state index contributed by atoms with van der Waals surface area (Å²) in [5.74, 6) is 2.02. The zero-order valence-electron chi connectivity index (χ0n) is 19.8.